The molecule has 2 aromatic carbocycles. The molecule has 8 heteroatoms. The van der Waals surface area contributed by atoms with Crippen LogP contribution >= 0.6 is 11.8 Å². The fourth-order valence-electron chi connectivity index (χ4n) is 2.52. The summed E-state index contributed by atoms with van der Waals surface area (Å²) >= 11 is 1.28. The summed E-state index contributed by atoms with van der Waals surface area (Å²) < 4.78 is 11.3. The molecule has 0 unspecified atom stereocenters. The van der Waals surface area contributed by atoms with Gasteiger partial charge in [0, 0.05) is 14.1 Å². The Morgan fingerprint density at radius 3 is 2.60 bits per heavy atom. The van der Waals surface area contributed by atoms with Crippen molar-refractivity contribution in [3.8, 4) is 11.5 Å². The standard InChI is InChI=1S/C22H23N3O4S/c1-4-28-18-12-15(10-11-17(18)29-14-20(26)25(2)3)13-19-21(27)24-22(30-19)23-16-8-6-5-7-9-16/h5-13H,4,14H2,1-3H3,(H,23,24,27). The zero-order valence-corrected chi connectivity index (χ0v) is 17.9. The molecule has 0 spiro atoms. The lowest BCUT2D eigenvalue weighted by molar-refractivity contribution is -0.130. The van der Waals surface area contributed by atoms with Crippen molar-refractivity contribution in [3.05, 3.63) is 59.0 Å². The molecule has 0 saturated carbocycles. The second-order valence-electron chi connectivity index (χ2n) is 6.53. The third kappa shape index (κ3) is 5.64. The molecule has 1 aliphatic rings. The van der Waals surface area contributed by atoms with Gasteiger partial charge >= 0.3 is 0 Å². The van der Waals surface area contributed by atoms with Crippen LogP contribution in [0.1, 0.15) is 12.5 Å². The SMILES string of the molecule is CCOc1cc(C=C2SC(=Nc3ccccc3)NC2=O)ccc1OCC(=O)N(C)C. The van der Waals surface area contributed by atoms with Crippen LogP contribution in [0.5, 0.6) is 11.5 Å². The smallest absolute Gasteiger partial charge is 0.264 e. The Hall–Kier alpha value is -3.26. The van der Waals surface area contributed by atoms with Crippen LogP contribution < -0.4 is 14.8 Å². The highest BCUT2D eigenvalue weighted by Crippen LogP contribution is 2.32. The number of benzene rings is 2. The molecule has 0 aromatic heterocycles. The largest absolute Gasteiger partial charge is 0.490 e. The summed E-state index contributed by atoms with van der Waals surface area (Å²) in [5, 5.41) is 3.31. The zero-order valence-electron chi connectivity index (χ0n) is 17.0. The molecule has 0 aliphatic carbocycles. The van der Waals surface area contributed by atoms with Gasteiger partial charge in [0.1, 0.15) is 0 Å². The van der Waals surface area contributed by atoms with E-state index in [-0.39, 0.29) is 18.4 Å². The number of para-hydroxylation sites is 1. The number of carbonyl (C=O) groups excluding carboxylic acids is 2. The molecule has 3 rings (SSSR count). The summed E-state index contributed by atoms with van der Waals surface area (Å²) in [5.41, 5.74) is 1.55. The number of thioether (sulfide) groups is 1. The number of hydrogen-bond acceptors (Lipinski definition) is 6. The number of aliphatic imine (C=N–C) groups is 1. The number of nitrogens with one attached hydrogen (secondary N) is 1. The summed E-state index contributed by atoms with van der Waals surface area (Å²) in [6, 6.07) is 14.8. The maximum absolute atomic E-state index is 12.3. The van der Waals surface area contributed by atoms with Crippen LogP contribution in [0.25, 0.3) is 6.08 Å². The van der Waals surface area contributed by atoms with Gasteiger partial charge in [0.05, 0.1) is 17.2 Å². The predicted octanol–water partition coefficient (Wildman–Crippen LogP) is 3.44. The second kappa shape index (κ2) is 9.98. The summed E-state index contributed by atoms with van der Waals surface area (Å²) in [4.78, 5) is 30.5. The minimum absolute atomic E-state index is 0.0783. The Bertz CT molecular complexity index is 987. The van der Waals surface area contributed by atoms with Crippen LogP contribution in [0.15, 0.2) is 58.4 Å². The molecule has 7 nitrogen and oxygen atoms in total. The van der Waals surface area contributed by atoms with Gasteiger partial charge in [-0.3, -0.25) is 9.59 Å². The molecule has 30 heavy (non-hydrogen) atoms. The highest BCUT2D eigenvalue weighted by Gasteiger charge is 2.24. The topological polar surface area (TPSA) is 80.2 Å². The van der Waals surface area contributed by atoms with Gasteiger partial charge in [0.25, 0.3) is 11.8 Å². The van der Waals surface area contributed by atoms with E-state index < -0.39 is 0 Å². The maximum Gasteiger partial charge on any atom is 0.264 e. The number of likely N-dealkylation sites (N-methyl/N-ethyl adjacent to an activating group) is 1. The Balaban J connectivity index is 1.77. The van der Waals surface area contributed by atoms with Crippen LogP contribution in [-0.4, -0.2) is 49.2 Å². The van der Waals surface area contributed by atoms with Gasteiger partial charge in [-0.25, -0.2) is 4.99 Å². The van der Waals surface area contributed by atoms with Gasteiger partial charge in [-0.1, -0.05) is 24.3 Å². The lowest BCUT2D eigenvalue weighted by atomic mass is 10.2. The highest BCUT2D eigenvalue weighted by molar-refractivity contribution is 8.18. The average Bonchev–Trinajstić information content (AvgIpc) is 3.06. The van der Waals surface area contributed by atoms with E-state index >= 15 is 0 Å². The molecule has 2 aromatic rings. The van der Waals surface area contributed by atoms with E-state index in [4.69, 9.17) is 9.47 Å². The Kier molecular flexibility index (Phi) is 7.13. The number of carbonyl (C=O) groups is 2. The van der Waals surface area contributed by atoms with Crippen molar-refractivity contribution in [2.24, 2.45) is 4.99 Å². The van der Waals surface area contributed by atoms with Gasteiger partial charge in [-0.15, -0.1) is 0 Å². The van der Waals surface area contributed by atoms with E-state index in [1.807, 2.05) is 43.3 Å². The lowest BCUT2D eigenvalue weighted by Crippen LogP contribution is -2.27. The average molecular weight is 426 g/mol. The minimum atomic E-state index is -0.204. The zero-order chi connectivity index (χ0) is 21.5. The maximum atomic E-state index is 12.3. The molecule has 156 valence electrons. The van der Waals surface area contributed by atoms with Crippen LogP contribution in [0.3, 0.4) is 0 Å². The molecule has 1 N–H and O–H groups in total. The minimum Gasteiger partial charge on any atom is -0.490 e. The fraction of sp³-hybridized carbons (Fsp3) is 0.227. The van der Waals surface area contributed by atoms with Gasteiger partial charge in [-0.2, -0.15) is 0 Å². The number of amides is 2. The van der Waals surface area contributed by atoms with Crippen molar-refractivity contribution in [3.63, 3.8) is 0 Å². The van der Waals surface area contributed by atoms with Gasteiger partial charge < -0.3 is 19.7 Å². The van der Waals surface area contributed by atoms with Crippen LogP contribution in [-0.2, 0) is 9.59 Å². The first-order valence-electron chi connectivity index (χ1n) is 9.40. The first-order valence-corrected chi connectivity index (χ1v) is 10.2. The first kappa shape index (κ1) is 21.4. The molecule has 1 fully saturated rings. The van der Waals surface area contributed by atoms with E-state index in [0.717, 1.165) is 11.3 Å². The Morgan fingerprint density at radius 2 is 1.90 bits per heavy atom. The Morgan fingerprint density at radius 1 is 1.13 bits per heavy atom. The number of rotatable bonds is 7. The number of nitrogens with zero attached hydrogens (tertiary/aromatic N) is 2. The monoisotopic (exact) mass is 425 g/mol. The highest BCUT2D eigenvalue weighted by atomic mass is 32.2. The molecule has 1 saturated heterocycles. The van der Waals surface area contributed by atoms with Crippen molar-refractivity contribution < 1.29 is 19.1 Å². The molecule has 1 heterocycles. The quantitative estimate of drug-likeness (QED) is 0.688. The molecule has 2 amide bonds. The van der Waals surface area contributed by atoms with Crippen molar-refractivity contribution in [2.75, 3.05) is 27.3 Å². The van der Waals surface area contributed by atoms with E-state index in [1.165, 1.54) is 16.7 Å². The summed E-state index contributed by atoms with van der Waals surface area (Å²) in [6.45, 7) is 2.23. The fourth-order valence-corrected chi connectivity index (χ4v) is 3.36. The third-order valence-electron chi connectivity index (χ3n) is 4.05. The molecular weight excluding hydrogens is 402 g/mol. The molecule has 0 atom stereocenters. The normalized spacial score (nSPS) is 15.9. The van der Waals surface area contributed by atoms with Crippen molar-refractivity contribution >= 4 is 40.5 Å². The van der Waals surface area contributed by atoms with Crippen molar-refractivity contribution in [1.29, 1.82) is 0 Å². The summed E-state index contributed by atoms with van der Waals surface area (Å²) in [5.74, 6) is 0.640. The van der Waals surface area contributed by atoms with E-state index in [2.05, 4.69) is 10.3 Å². The van der Waals surface area contributed by atoms with Gasteiger partial charge in [0.15, 0.2) is 23.3 Å². The van der Waals surface area contributed by atoms with Crippen LogP contribution in [0, 0.1) is 0 Å². The van der Waals surface area contributed by atoms with E-state index in [9.17, 15) is 9.59 Å². The van der Waals surface area contributed by atoms with Gasteiger partial charge in [0.2, 0.25) is 0 Å². The van der Waals surface area contributed by atoms with Crippen LogP contribution in [0.2, 0.25) is 0 Å². The molecule has 0 bridgehead atoms. The number of amidine groups is 1. The lowest BCUT2D eigenvalue weighted by Gasteiger charge is -2.14. The van der Waals surface area contributed by atoms with Crippen LogP contribution in [0.4, 0.5) is 5.69 Å². The van der Waals surface area contributed by atoms with E-state index in [1.54, 1.807) is 32.3 Å². The van der Waals surface area contributed by atoms with Crippen molar-refractivity contribution in [2.45, 2.75) is 6.92 Å². The molecule has 1 aliphatic heterocycles. The molecular formula is C22H23N3O4S. The van der Waals surface area contributed by atoms with Gasteiger partial charge in [-0.05, 0) is 54.6 Å². The number of ether oxygens (including phenoxy) is 2. The van der Waals surface area contributed by atoms with Crippen molar-refractivity contribution in [1.82, 2.24) is 10.2 Å². The van der Waals surface area contributed by atoms with E-state index in [0.29, 0.717) is 28.2 Å². The summed E-state index contributed by atoms with van der Waals surface area (Å²) in [6.07, 6.45) is 1.77. The predicted molar refractivity (Wildman–Crippen MR) is 119 cm³/mol. The molecule has 0 radical (unpaired) electrons. The first-order chi connectivity index (χ1) is 14.5. The number of hydrogen-bond donors (Lipinski definition) is 1. The summed E-state index contributed by atoms with van der Waals surface area (Å²) in [7, 11) is 3.34. The second-order valence-corrected chi connectivity index (χ2v) is 7.56. The third-order valence-corrected chi connectivity index (χ3v) is 4.96. The Labute approximate surface area is 179 Å².